The molecule has 0 atom stereocenters. The molecule has 0 heterocycles. The summed E-state index contributed by atoms with van der Waals surface area (Å²) in [4.78, 5) is 0.316. The fourth-order valence-electron chi connectivity index (χ4n) is 2.25. The lowest BCUT2D eigenvalue weighted by Crippen LogP contribution is -2.04. The minimum Gasteiger partial charge on any atom is -0.397 e. The van der Waals surface area contributed by atoms with Gasteiger partial charge in [-0.2, -0.15) is 0 Å². The summed E-state index contributed by atoms with van der Waals surface area (Å²) >= 11 is 5.81. The van der Waals surface area contributed by atoms with E-state index in [0.29, 0.717) is 16.4 Å². The molecular weight excluding hydrogens is 344 g/mol. The van der Waals surface area contributed by atoms with Crippen molar-refractivity contribution in [2.24, 2.45) is 0 Å². The molecular formula is C18H15ClN2O2S. The number of nitrogens with one attached hydrogen (secondary N) is 1. The number of para-hydroxylation sites is 1. The van der Waals surface area contributed by atoms with Crippen LogP contribution in [0.1, 0.15) is 0 Å². The molecule has 24 heavy (non-hydrogen) atoms. The van der Waals surface area contributed by atoms with E-state index in [9.17, 15) is 8.42 Å². The first-order chi connectivity index (χ1) is 11.5. The summed E-state index contributed by atoms with van der Waals surface area (Å²) < 4.78 is 25.3. The normalized spacial score (nSPS) is 11.2. The molecule has 0 amide bonds. The van der Waals surface area contributed by atoms with Crippen LogP contribution in [0.5, 0.6) is 0 Å². The van der Waals surface area contributed by atoms with Crippen molar-refractivity contribution < 1.29 is 8.42 Å². The van der Waals surface area contributed by atoms with E-state index < -0.39 is 9.84 Å². The third-order valence-electron chi connectivity index (χ3n) is 3.51. The Hall–Kier alpha value is -2.50. The van der Waals surface area contributed by atoms with Gasteiger partial charge in [-0.3, -0.25) is 0 Å². The summed E-state index contributed by atoms with van der Waals surface area (Å²) in [6.07, 6.45) is 0. The third kappa shape index (κ3) is 3.37. The van der Waals surface area contributed by atoms with E-state index in [2.05, 4.69) is 5.32 Å². The first-order valence-corrected chi connectivity index (χ1v) is 9.05. The van der Waals surface area contributed by atoms with Crippen LogP contribution in [0, 0.1) is 0 Å². The Morgan fingerprint density at radius 3 is 2.08 bits per heavy atom. The molecule has 122 valence electrons. The standard InChI is InChI=1S/C18H15ClN2O2S/c19-13-6-8-15(9-7-13)24(22,23)16-10-11-18(17(20)12-16)21-14-4-2-1-3-5-14/h1-12,21H,20H2. The second-order valence-corrected chi connectivity index (χ2v) is 7.58. The number of nitrogens with two attached hydrogens (primary N) is 1. The summed E-state index contributed by atoms with van der Waals surface area (Å²) in [6.45, 7) is 0. The van der Waals surface area contributed by atoms with Crippen molar-refractivity contribution >= 4 is 38.5 Å². The summed E-state index contributed by atoms with van der Waals surface area (Å²) in [5.74, 6) is 0. The minimum atomic E-state index is -3.63. The molecule has 4 nitrogen and oxygen atoms in total. The average molecular weight is 359 g/mol. The van der Waals surface area contributed by atoms with E-state index in [-0.39, 0.29) is 9.79 Å². The van der Waals surface area contributed by atoms with Crippen LogP contribution in [0.25, 0.3) is 0 Å². The molecule has 0 radical (unpaired) electrons. The molecule has 0 spiro atoms. The highest BCUT2D eigenvalue weighted by Gasteiger charge is 2.18. The van der Waals surface area contributed by atoms with Crippen LogP contribution in [-0.2, 0) is 9.84 Å². The maximum absolute atomic E-state index is 12.6. The van der Waals surface area contributed by atoms with Gasteiger partial charge in [0.15, 0.2) is 0 Å². The highest BCUT2D eigenvalue weighted by molar-refractivity contribution is 7.91. The fourth-order valence-corrected chi connectivity index (χ4v) is 3.67. The molecule has 3 N–H and O–H groups in total. The zero-order valence-electron chi connectivity index (χ0n) is 12.6. The second kappa shape index (κ2) is 6.55. The van der Waals surface area contributed by atoms with Gasteiger partial charge in [-0.15, -0.1) is 0 Å². The Labute approximate surface area is 145 Å². The van der Waals surface area contributed by atoms with E-state index in [0.717, 1.165) is 5.69 Å². The van der Waals surface area contributed by atoms with Crippen LogP contribution in [0.15, 0.2) is 82.6 Å². The topological polar surface area (TPSA) is 72.2 Å². The van der Waals surface area contributed by atoms with Crippen LogP contribution in [-0.4, -0.2) is 8.42 Å². The molecule has 0 bridgehead atoms. The van der Waals surface area contributed by atoms with Gasteiger partial charge in [0.25, 0.3) is 0 Å². The van der Waals surface area contributed by atoms with Gasteiger partial charge in [0.1, 0.15) is 0 Å². The molecule has 0 unspecified atom stereocenters. The molecule has 3 aromatic carbocycles. The van der Waals surface area contributed by atoms with Crippen LogP contribution < -0.4 is 11.1 Å². The van der Waals surface area contributed by atoms with Gasteiger partial charge in [-0.05, 0) is 54.6 Å². The third-order valence-corrected chi connectivity index (χ3v) is 5.53. The van der Waals surface area contributed by atoms with Gasteiger partial charge < -0.3 is 11.1 Å². The van der Waals surface area contributed by atoms with E-state index in [1.807, 2.05) is 30.3 Å². The van der Waals surface area contributed by atoms with E-state index in [1.165, 1.54) is 24.3 Å². The summed E-state index contributed by atoms with van der Waals surface area (Å²) in [5.41, 5.74) is 7.90. The van der Waals surface area contributed by atoms with Crippen LogP contribution >= 0.6 is 11.6 Å². The molecule has 3 rings (SSSR count). The van der Waals surface area contributed by atoms with E-state index in [1.54, 1.807) is 18.2 Å². The molecule has 0 aliphatic rings. The van der Waals surface area contributed by atoms with Crippen molar-refractivity contribution in [3.8, 4) is 0 Å². The number of anilines is 3. The lowest BCUT2D eigenvalue weighted by Gasteiger charge is -2.11. The molecule has 3 aromatic rings. The summed E-state index contributed by atoms with van der Waals surface area (Å²) in [6, 6.07) is 20.2. The molecule has 0 fully saturated rings. The highest BCUT2D eigenvalue weighted by Crippen LogP contribution is 2.29. The molecule has 0 saturated carbocycles. The molecule has 6 heteroatoms. The smallest absolute Gasteiger partial charge is 0.206 e. The SMILES string of the molecule is Nc1cc(S(=O)(=O)c2ccc(Cl)cc2)ccc1Nc1ccccc1. The lowest BCUT2D eigenvalue weighted by atomic mass is 10.2. The van der Waals surface area contributed by atoms with E-state index >= 15 is 0 Å². The lowest BCUT2D eigenvalue weighted by molar-refractivity contribution is 0.596. The number of hydrogen-bond acceptors (Lipinski definition) is 4. The zero-order valence-corrected chi connectivity index (χ0v) is 14.2. The van der Waals surface area contributed by atoms with Crippen LogP contribution in [0.3, 0.4) is 0 Å². The predicted molar refractivity (Wildman–Crippen MR) is 97.5 cm³/mol. The molecule has 0 saturated heterocycles. The van der Waals surface area contributed by atoms with Gasteiger partial charge in [0.2, 0.25) is 9.84 Å². The summed E-state index contributed by atoms with van der Waals surface area (Å²) in [5, 5.41) is 3.64. The van der Waals surface area contributed by atoms with Crippen molar-refractivity contribution in [3.05, 3.63) is 77.8 Å². The van der Waals surface area contributed by atoms with Crippen molar-refractivity contribution in [1.29, 1.82) is 0 Å². The first kappa shape index (κ1) is 16.4. The number of hydrogen-bond donors (Lipinski definition) is 2. The Kier molecular flexibility index (Phi) is 4.46. The first-order valence-electron chi connectivity index (χ1n) is 7.19. The number of rotatable bonds is 4. The van der Waals surface area contributed by atoms with Gasteiger partial charge >= 0.3 is 0 Å². The number of benzene rings is 3. The van der Waals surface area contributed by atoms with Crippen molar-refractivity contribution in [2.75, 3.05) is 11.1 Å². The number of nitrogen functional groups attached to an aromatic ring is 1. The maximum Gasteiger partial charge on any atom is 0.206 e. The highest BCUT2D eigenvalue weighted by atomic mass is 35.5. The fraction of sp³-hybridized carbons (Fsp3) is 0. The van der Waals surface area contributed by atoms with Crippen molar-refractivity contribution in [3.63, 3.8) is 0 Å². The predicted octanol–water partition coefficient (Wildman–Crippen LogP) is 4.50. The Morgan fingerprint density at radius 2 is 1.46 bits per heavy atom. The Balaban J connectivity index is 1.93. The molecule has 0 aliphatic carbocycles. The second-order valence-electron chi connectivity index (χ2n) is 5.20. The van der Waals surface area contributed by atoms with Gasteiger partial charge in [-0.25, -0.2) is 8.42 Å². The van der Waals surface area contributed by atoms with Crippen molar-refractivity contribution in [1.82, 2.24) is 0 Å². The monoisotopic (exact) mass is 358 g/mol. The van der Waals surface area contributed by atoms with Gasteiger partial charge in [0, 0.05) is 10.7 Å². The van der Waals surface area contributed by atoms with Gasteiger partial charge in [0.05, 0.1) is 21.2 Å². The summed E-state index contributed by atoms with van der Waals surface area (Å²) in [7, 11) is -3.63. The van der Waals surface area contributed by atoms with Crippen LogP contribution in [0.4, 0.5) is 17.1 Å². The van der Waals surface area contributed by atoms with Crippen LogP contribution in [0.2, 0.25) is 5.02 Å². The molecule has 0 aliphatic heterocycles. The number of sulfone groups is 1. The maximum atomic E-state index is 12.6. The van der Waals surface area contributed by atoms with E-state index in [4.69, 9.17) is 17.3 Å². The van der Waals surface area contributed by atoms with Gasteiger partial charge in [-0.1, -0.05) is 29.8 Å². The molecule has 0 aromatic heterocycles. The Bertz CT molecular complexity index is 956. The van der Waals surface area contributed by atoms with Crippen molar-refractivity contribution in [2.45, 2.75) is 9.79 Å². The minimum absolute atomic E-state index is 0.140. The largest absolute Gasteiger partial charge is 0.397 e. The number of halogens is 1. The quantitative estimate of drug-likeness (QED) is 0.673. The average Bonchev–Trinajstić information content (AvgIpc) is 2.58. The Morgan fingerprint density at radius 1 is 0.833 bits per heavy atom. The zero-order chi connectivity index (χ0) is 17.2.